The molecule has 1 N–H and O–H groups in total. The number of aliphatic hydroxyl groups is 1. The van der Waals surface area contributed by atoms with Crippen molar-refractivity contribution in [1.82, 2.24) is 4.90 Å². The van der Waals surface area contributed by atoms with E-state index in [-0.39, 0.29) is 36.5 Å². The van der Waals surface area contributed by atoms with E-state index in [1.165, 1.54) is 37.8 Å². The maximum Gasteiger partial charge on any atom is 0.0789 e. The molecule has 3 atom stereocenters. The third-order valence-corrected chi connectivity index (χ3v) is 8.74. The molecule has 5 heteroatoms. The minimum atomic E-state index is -0.208. The van der Waals surface area contributed by atoms with Gasteiger partial charge in [-0.3, -0.25) is 4.90 Å². The molecule has 174 valence electrons. The molecule has 2 aliphatic carbocycles. The highest BCUT2D eigenvalue weighted by Crippen LogP contribution is 2.49. The van der Waals surface area contributed by atoms with Gasteiger partial charge in [-0.2, -0.15) is 0 Å². The van der Waals surface area contributed by atoms with Crippen molar-refractivity contribution in [3.8, 4) is 0 Å². The van der Waals surface area contributed by atoms with Gasteiger partial charge in [0.15, 0.2) is 0 Å². The van der Waals surface area contributed by atoms with E-state index in [0.717, 1.165) is 44.8 Å². The van der Waals surface area contributed by atoms with Crippen LogP contribution in [0.15, 0.2) is 48.5 Å². The molecule has 1 spiro atoms. The summed E-state index contributed by atoms with van der Waals surface area (Å²) in [6.07, 6.45) is 9.51. The van der Waals surface area contributed by atoms with Gasteiger partial charge >= 0.3 is 0 Å². The summed E-state index contributed by atoms with van der Waals surface area (Å²) in [4.78, 5) is 5.27. The Kier molecular flexibility index (Phi) is 7.12. The molecule has 0 saturated carbocycles. The number of rotatable bonds is 2. The van der Waals surface area contributed by atoms with E-state index in [9.17, 15) is 5.11 Å². The first-order valence-electron chi connectivity index (χ1n) is 12.1. The van der Waals surface area contributed by atoms with Crippen LogP contribution in [-0.4, -0.2) is 41.3 Å². The Morgan fingerprint density at radius 1 is 0.812 bits per heavy atom. The summed E-state index contributed by atoms with van der Waals surface area (Å²) >= 11 is 0. The Balaban J connectivity index is 0.00000122. The number of halogens is 2. The van der Waals surface area contributed by atoms with Gasteiger partial charge in [0.05, 0.1) is 11.6 Å². The van der Waals surface area contributed by atoms with E-state index < -0.39 is 0 Å². The lowest BCUT2D eigenvalue weighted by molar-refractivity contribution is 0.0370. The lowest BCUT2D eigenvalue weighted by atomic mass is 9.71. The number of aryl methyl sites for hydroxylation is 1. The highest BCUT2D eigenvalue weighted by Gasteiger charge is 2.50. The largest absolute Gasteiger partial charge is 0.391 e. The van der Waals surface area contributed by atoms with Crippen molar-refractivity contribution in [2.75, 3.05) is 24.5 Å². The van der Waals surface area contributed by atoms with Gasteiger partial charge in [-0.05, 0) is 86.1 Å². The second-order valence-corrected chi connectivity index (χ2v) is 10.0. The van der Waals surface area contributed by atoms with Crippen LogP contribution in [0.1, 0.15) is 73.6 Å². The van der Waals surface area contributed by atoms with Gasteiger partial charge in [-0.1, -0.05) is 36.4 Å². The zero-order valence-electron chi connectivity index (χ0n) is 18.8. The van der Waals surface area contributed by atoms with E-state index in [1.54, 1.807) is 16.7 Å². The summed E-state index contributed by atoms with van der Waals surface area (Å²) in [5, 5.41) is 11.0. The number of para-hydroxylation sites is 1. The minimum Gasteiger partial charge on any atom is -0.391 e. The van der Waals surface area contributed by atoms with E-state index in [1.807, 2.05) is 0 Å². The quantitative estimate of drug-likeness (QED) is 0.587. The predicted molar refractivity (Wildman–Crippen MR) is 137 cm³/mol. The third kappa shape index (κ3) is 3.76. The normalized spacial score (nSPS) is 28.5. The summed E-state index contributed by atoms with van der Waals surface area (Å²) < 4.78 is 0. The van der Waals surface area contributed by atoms with Crippen molar-refractivity contribution in [2.24, 2.45) is 0 Å². The van der Waals surface area contributed by atoms with E-state index in [4.69, 9.17) is 0 Å². The SMILES string of the molecule is Cl.Cl.OC1CCN(c2ccccc2)C12CCN(C1CCC3CCCc4cccc1c43)CC2. The van der Waals surface area contributed by atoms with Gasteiger partial charge in [0.2, 0.25) is 0 Å². The molecule has 2 aromatic rings. The molecule has 32 heavy (non-hydrogen) atoms. The first-order valence-corrected chi connectivity index (χ1v) is 12.1. The molecular weight excluding hydrogens is 439 g/mol. The average Bonchev–Trinajstić information content (AvgIpc) is 3.11. The number of aliphatic hydroxyl groups excluding tert-OH is 1. The molecule has 6 rings (SSSR count). The smallest absolute Gasteiger partial charge is 0.0789 e. The van der Waals surface area contributed by atoms with E-state index in [0.29, 0.717) is 6.04 Å². The number of anilines is 1. The third-order valence-electron chi connectivity index (χ3n) is 8.74. The van der Waals surface area contributed by atoms with Crippen LogP contribution in [0.5, 0.6) is 0 Å². The first kappa shape index (κ1) is 23.9. The van der Waals surface area contributed by atoms with Crippen LogP contribution in [0.2, 0.25) is 0 Å². The predicted octanol–water partition coefficient (Wildman–Crippen LogP) is 5.89. The molecular formula is C27H36Cl2N2O. The number of benzene rings is 2. The fourth-order valence-corrected chi connectivity index (χ4v) is 7.25. The highest BCUT2D eigenvalue weighted by molar-refractivity contribution is 5.85. The summed E-state index contributed by atoms with van der Waals surface area (Å²) in [7, 11) is 0. The molecule has 0 bridgehead atoms. The Hall–Kier alpha value is -1.26. The summed E-state index contributed by atoms with van der Waals surface area (Å²) in [5.41, 5.74) is 6.17. The molecule has 2 heterocycles. The Morgan fingerprint density at radius 3 is 2.38 bits per heavy atom. The molecule has 4 aliphatic rings. The van der Waals surface area contributed by atoms with Gasteiger partial charge in [0.25, 0.3) is 0 Å². The Morgan fingerprint density at radius 2 is 1.59 bits per heavy atom. The van der Waals surface area contributed by atoms with Crippen LogP contribution < -0.4 is 4.90 Å². The van der Waals surface area contributed by atoms with Crippen LogP contribution in [0.25, 0.3) is 0 Å². The van der Waals surface area contributed by atoms with Crippen LogP contribution in [0.3, 0.4) is 0 Å². The lowest BCUT2D eigenvalue weighted by Gasteiger charge is -2.50. The topological polar surface area (TPSA) is 26.7 Å². The standard InChI is InChI=1S/C27H34N2O.2ClH/c30-25-14-17-29(22-9-2-1-3-10-22)27(25)15-18-28(19-16-27)24-13-12-21-7-4-6-20-8-5-11-23(24)26(20)21;;/h1-3,5,8-11,21,24-25,30H,4,6-7,12-19H2;2*1H. The van der Waals surface area contributed by atoms with Crippen LogP contribution in [0.4, 0.5) is 5.69 Å². The molecule has 2 aliphatic heterocycles. The number of nitrogens with zero attached hydrogens (tertiary/aromatic N) is 2. The monoisotopic (exact) mass is 474 g/mol. The summed E-state index contributed by atoms with van der Waals surface area (Å²) in [6.45, 7) is 3.17. The molecule has 3 unspecified atom stereocenters. The average molecular weight is 476 g/mol. The summed E-state index contributed by atoms with van der Waals surface area (Å²) in [5.74, 6) is 0.808. The number of hydrogen-bond acceptors (Lipinski definition) is 3. The molecule has 2 saturated heterocycles. The zero-order chi connectivity index (χ0) is 20.1. The fourth-order valence-electron chi connectivity index (χ4n) is 7.25. The van der Waals surface area contributed by atoms with Crippen molar-refractivity contribution >= 4 is 30.5 Å². The van der Waals surface area contributed by atoms with Gasteiger partial charge in [0, 0.05) is 31.4 Å². The van der Waals surface area contributed by atoms with Gasteiger partial charge < -0.3 is 10.0 Å². The van der Waals surface area contributed by atoms with Crippen LogP contribution in [0, 0.1) is 0 Å². The number of piperidine rings is 1. The molecule has 0 radical (unpaired) electrons. The van der Waals surface area contributed by atoms with Crippen molar-refractivity contribution in [3.05, 3.63) is 65.2 Å². The highest BCUT2D eigenvalue weighted by atomic mass is 35.5. The van der Waals surface area contributed by atoms with Crippen LogP contribution in [-0.2, 0) is 6.42 Å². The fraction of sp³-hybridized carbons (Fsp3) is 0.556. The lowest BCUT2D eigenvalue weighted by Crippen LogP contribution is -2.58. The van der Waals surface area contributed by atoms with E-state index in [2.05, 4.69) is 58.3 Å². The van der Waals surface area contributed by atoms with Gasteiger partial charge in [-0.25, -0.2) is 0 Å². The maximum absolute atomic E-state index is 11.0. The number of hydrogen-bond donors (Lipinski definition) is 1. The molecule has 0 aromatic heterocycles. The molecule has 0 amide bonds. The van der Waals surface area contributed by atoms with Crippen molar-refractivity contribution < 1.29 is 5.11 Å². The number of likely N-dealkylation sites (tertiary alicyclic amines) is 1. The van der Waals surface area contributed by atoms with Gasteiger partial charge in [-0.15, -0.1) is 24.8 Å². The summed E-state index contributed by atoms with van der Waals surface area (Å²) in [6, 6.07) is 18.4. The van der Waals surface area contributed by atoms with Crippen molar-refractivity contribution in [1.29, 1.82) is 0 Å². The molecule has 2 fully saturated rings. The zero-order valence-corrected chi connectivity index (χ0v) is 20.4. The first-order chi connectivity index (χ1) is 14.8. The second kappa shape index (κ2) is 9.54. The molecule has 3 nitrogen and oxygen atoms in total. The van der Waals surface area contributed by atoms with Gasteiger partial charge in [0.1, 0.15) is 0 Å². The Bertz CT molecular complexity index is 913. The van der Waals surface area contributed by atoms with Crippen LogP contribution >= 0.6 is 24.8 Å². The Labute approximate surface area is 205 Å². The van der Waals surface area contributed by atoms with Crippen molar-refractivity contribution in [3.63, 3.8) is 0 Å². The minimum absolute atomic E-state index is 0. The second-order valence-electron chi connectivity index (χ2n) is 10.0. The molecule has 2 aromatic carbocycles. The van der Waals surface area contributed by atoms with Crippen molar-refractivity contribution in [2.45, 2.75) is 75.0 Å². The maximum atomic E-state index is 11.0. The van der Waals surface area contributed by atoms with E-state index >= 15 is 0 Å².